The van der Waals surface area contributed by atoms with E-state index in [-0.39, 0.29) is 18.2 Å². The lowest BCUT2D eigenvalue weighted by Gasteiger charge is -2.11. The predicted octanol–water partition coefficient (Wildman–Crippen LogP) is 4.98. The highest BCUT2D eigenvalue weighted by atomic mass is 35.5. The van der Waals surface area contributed by atoms with Crippen LogP contribution in [0.1, 0.15) is 19.4 Å². The second-order valence-corrected chi connectivity index (χ2v) is 6.41. The van der Waals surface area contributed by atoms with Crippen molar-refractivity contribution in [3.05, 3.63) is 53.4 Å². The van der Waals surface area contributed by atoms with Crippen molar-refractivity contribution in [2.24, 2.45) is 5.73 Å². The smallest absolute Gasteiger partial charge is 0.161 e. The van der Waals surface area contributed by atoms with E-state index in [9.17, 15) is 0 Å². The number of hydrogen-bond acceptors (Lipinski definition) is 5. The molecule has 3 N–H and O–H groups in total. The second kappa shape index (κ2) is 9.39. The number of nitrogens with two attached hydrogens (primary N) is 1. The SMILES string of the molecule is CCOc1ccc(-c2nc(-c3ccc(C(=N)N)cc3)cs2)cc1OCC.Cl. The predicted molar refractivity (Wildman–Crippen MR) is 114 cm³/mol. The molecule has 0 saturated carbocycles. The molecule has 3 rings (SSSR count). The fraction of sp³-hybridized carbons (Fsp3) is 0.200. The summed E-state index contributed by atoms with van der Waals surface area (Å²) in [7, 11) is 0. The maximum absolute atomic E-state index is 7.47. The van der Waals surface area contributed by atoms with Gasteiger partial charge in [-0.1, -0.05) is 24.3 Å². The third-order valence-corrected chi connectivity index (χ3v) is 4.68. The van der Waals surface area contributed by atoms with Crippen LogP contribution >= 0.6 is 23.7 Å². The molecule has 2 aromatic carbocycles. The van der Waals surface area contributed by atoms with Crippen molar-refractivity contribution in [3.63, 3.8) is 0 Å². The van der Waals surface area contributed by atoms with Crippen molar-refractivity contribution < 1.29 is 9.47 Å². The number of rotatable bonds is 7. The van der Waals surface area contributed by atoms with Gasteiger partial charge in [0.05, 0.1) is 18.9 Å². The monoisotopic (exact) mass is 403 g/mol. The van der Waals surface area contributed by atoms with Crippen LogP contribution in [0.25, 0.3) is 21.8 Å². The average molecular weight is 404 g/mol. The van der Waals surface area contributed by atoms with Crippen LogP contribution in [0, 0.1) is 5.41 Å². The Kier molecular flexibility index (Phi) is 7.21. The Hall–Kier alpha value is -2.57. The average Bonchev–Trinajstić information content (AvgIpc) is 3.14. The van der Waals surface area contributed by atoms with Crippen LogP contribution < -0.4 is 15.2 Å². The molecule has 5 nitrogen and oxygen atoms in total. The number of halogens is 1. The third kappa shape index (κ3) is 4.78. The molecular weight excluding hydrogens is 382 g/mol. The molecule has 1 heterocycles. The van der Waals surface area contributed by atoms with Gasteiger partial charge in [0, 0.05) is 22.1 Å². The molecule has 0 aliphatic rings. The number of amidine groups is 1. The van der Waals surface area contributed by atoms with Crippen LogP contribution in [-0.2, 0) is 0 Å². The molecule has 0 aliphatic carbocycles. The molecule has 0 atom stereocenters. The molecule has 1 aromatic heterocycles. The maximum atomic E-state index is 7.47. The van der Waals surface area contributed by atoms with Crippen molar-refractivity contribution in [1.82, 2.24) is 4.98 Å². The summed E-state index contributed by atoms with van der Waals surface area (Å²) in [5, 5.41) is 10.4. The van der Waals surface area contributed by atoms with Crippen LogP contribution in [0.15, 0.2) is 47.8 Å². The Morgan fingerprint density at radius 3 is 2.26 bits per heavy atom. The Bertz CT molecular complexity index is 910. The van der Waals surface area contributed by atoms with Crippen LogP contribution in [0.3, 0.4) is 0 Å². The number of aromatic nitrogens is 1. The van der Waals surface area contributed by atoms with E-state index in [1.165, 1.54) is 0 Å². The van der Waals surface area contributed by atoms with E-state index in [4.69, 9.17) is 25.6 Å². The minimum atomic E-state index is 0. The Morgan fingerprint density at radius 2 is 1.63 bits per heavy atom. The highest BCUT2D eigenvalue weighted by Crippen LogP contribution is 2.35. The summed E-state index contributed by atoms with van der Waals surface area (Å²) in [5.74, 6) is 1.54. The summed E-state index contributed by atoms with van der Waals surface area (Å²) >= 11 is 1.58. The van der Waals surface area contributed by atoms with E-state index >= 15 is 0 Å². The topological polar surface area (TPSA) is 81.2 Å². The van der Waals surface area contributed by atoms with E-state index in [1.807, 2.05) is 61.7 Å². The lowest BCUT2D eigenvalue weighted by molar-refractivity contribution is 0.288. The number of nitrogens with zero attached hydrogens (tertiary/aromatic N) is 1. The molecule has 142 valence electrons. The summed E-state index contributed by atoms with van der Waals surface area (Å²) in [5.41, 5.74) is 9.09. The third-order valence-electron chi connectivity index (χ3n) is 3.79. The Balaban J connectivity index is 0.00000261. The van der Waals surface area contributed by atoms with E-state index in [2.05, 4.69) is 0 Å². The zero-order chi connectivity index (χ0) is 18.5. The minimum absolute atomic E-state index is 0. The van der Waals surface area contributed by atoms with Crippen molar-refractivity contribution in [1.29, 1.82) is 5.41 Å². The highest BCUT2D eigenvalue weighted by Gasteiger charge is 2.11. The first kappa shape index (κ1) is 20.7. The number of benzene rings is 2. The van der Waals surface area contributed by atoms with E-state index in [0.29, 0.717) is 18.8 Å². The summed E-state index contributed by atoms with van der Waals surface area (Å²) < 4.78 is 11.3. The van der Waals surface area contributed by atoms with Gasteiger partial charge >= 0.3 is 0 Å². The van der Waals surface area contributed by atoms with Crippen molar-refractivity contribution in [2.75, 3.05) is 13.2 Å². The fourth-order valence-electron chi connectivity index (χ4n) is 2.54. The zero-order valence-electron chi connectivity index (χ0n) is 15.2. The summed E-state index contributed by atoms with van der Waals surface area (Å²) in [6.07, 6.45) is 0. The Morgan fingerprint density at radius 1 is 1.00 bits per heavy atom. The molecule has 0 amide bonds. The summed E-state index contributed by atoms with van der Waals surface area (Å²) in [6.45, 7) is 5.08. The lowest BCUT2D eigenvalue weighted by atomic mass is 10.1. The van der Waals surface area contributed by atoms with Gasteiger partial charge in [-0.15, -0.1) is 23.7 Å². The van der Waals surface area contributed by atoms with Crippen LogP contribution in [-0.4, -0.2) is 24.0 Å². The van der Waals surface area contributed by atoms with Crippen LogP contribution in [0.2, 0.25) is 0 Å². The fourth-order valence-corrected chi connectivity index (χ4v) is 3.37. The molecule has 0 aliphatic heterocycles. The van der Waals surface area contributed by atoms with Crippen LogP contribution in [0.4, 0.5) is 0 Å². The second-order valence-electron chi connectivity index (χ2n) is 5.56. The lowest BCUT2D eigenvalue weighted by Crippen LogP contribution is -2.10. The molecule has 3 aromatic rings. The van der Waals surface area contributed by atoms with Gasteiger partial charge in [0.2, 0.25) is 0 Å². The van der Waals surface area contributed by atoms with Gasteiger partial charge in [-0.05, 0) is 32.0 Å². The number of thiazole rings is 1. The Labute approximate surface area is 169 Å². The normalized spacial score (nSPS) is 10.1. The largest absolute Gasteiger partial charge is 0.490 e. The van der Waals surface area contributed by atoms with E-state index < -0.39 is 0 Å². The number of nitrogens with one attached hydrogen (secondary N) is 1. The molecule has 0 bridgehead atoms. The maximum Gasteiger partial charge on any atom is 0.161 e. The van der Waals surface area contributed by atoms with Crippen molar-refractivity contribution in [3.8, 4) is 33.3 Å². The molecule has 7 heteroatoms. The molecule has 27 heavy (non-hydrogen) atoms. The quantitative estimate of drug-likeness (QED) is 0.430. The van der Waals surface area contributed by atoms with Gasteiger partial charge in [-0.2, -0.15) is 0 Å². The highest BCUT2D eigenvalue weighted by molar-refractivity contribution is 7.13. The first-order chi connectivity index (χ1) is 12.6. The van der Waals surface area contributed by atoms with Crippen LogP contribution in [0.5, 0.6) is 11.5 Å². The number of hydrogen-bond donors (Lipinski definition) is 2. The van der Waals surface area contributed by atoms with Gasteiger partial charge in [0.25, 0.3) is 0 Å². The summed E-state index contributed by atoms with van der Waals surface area (Å²) in [6, 6.07) is 13.4. The van der Waals surface area contributed by atoms with Gasteiger partial charge in [0.1, 0.15) is 10.8 Å². The molecule has 0 radical (unpaired) electrons. The molecule has 0 fully saturated rings. The molecule has 0 saturated heterocycles. The van der Waals surface area contributed by atoms with Crippen molar-refractivity contribution >= 4 is 29.6 Å². The standard InChI is InChI=1S/C20H21N3O2S.ClH/c1-3-24-17-10-9-15(11-18(17)25-4-2)20-23-16(12-26-20)13-5-7-14(8-6-13)19(21)22;/h5-12H,3-4H2,1-2H3,(H3,21,22);1H. The molecule has 0 spiro atoms. The number of nitrogen functional groups attached to an aromatic ring is 1. The van der Waals surface area contributed by atoms with Gasteiger partial charge < -0.3 is 15.2 Å². The first-order valence-corrected chi connectivity index (χ1v) is 9.30. The summed E-state index contributed by atoms with van der Waals surface area (Å²) in [4.78, 5) is 4.74. The zero-order valence-corrected chi connectivity index (χ0v) is 16.8. The minimum Gasteiger partial charge on any atom is -0.490 e. The van der Waals surface area contributed by atoms with Gasteiger partial charge in [-0.3, -0.25) is 5.41 Å². The van der Waals surface area contributed by atoms with Gasteiger partial charge in [-0.25, -0.2) is 4.98 Å². The molecule has 0 unspecified atom stereocenters. The first-order valence-electron chi connectivity index (χ1n) is 8.42. The van der Waals surface area contributed by atoms with Gasteiger partial charge in [0.15, 0.2) is 11.5 Å². The van der Waals surface area contributed by atoms with Crippen molar-refractivity contribution in [2.45, 2.75) is 13.8 Å². The molecular formula is C20H22ClN3O2S. The number of ether oxygens (including phenoxy) is 2. The van der Waals surface area contributed by atoms with E-state index in [0.717, 1.165) is 33.3 Å². The van der Waals surface area contributed by atoms with E-state index in [1.54, 1.807) is 11.3 Å².